The Hall–Kier alpha value is -3.26. The lowest BCUT2D eigenvalue weighted by molar-refractivity contribution is 0.0387. The van der Waals surface area contributed by atoms with Crippen molar-refractivity contribution in [1.29, 1.82) is 0 Å². The summed E-state index contributed by atoms with van der Waals surface area (Å²) >= 11 is 0. The van der Waals surface area contributed by atoms with E-state index in [4.69, 9.17) is 9.47 Å². The summed E-state index contributed by atoms with van der Waals surface area (Å²) in [6.07, 6.45) is -0.705. The van der Waals surface area contributed by atoms with E-state index in [1.165, 1.54) is 4.68 Å². The van der Waals surface area contributed by atoms with Crippen molar-refractivity contribution in [2.45, 2.75) is 39.0 Å². The molecule has 3 rings (SSSR count). The van der Waals surface area contributed by atoms with Crippen LogP contribution in [0.15, 0.2) is 54.6 Å². The van der Waals surface area contributed by atoms with Crippen LogP contribution >= 0.6 is 0 Å². The molecule has 2 aromatic carbocycles. The van der Waals surface area contributed by atoms with Gasteiger partial charge in [0.15, 0.2) is 0 Å². The van der Waals surface area contributed by atoms with E-state index in [1.807, 2.05) is 36.4 Å². The van der Waals surface area contributed by atoms with Gasteiger partial charge in [-0.1, -0.05) is 47.7 Å². The van der Waals surface area contributed by atoms with E-state index in [0.717, 1.165) is 5.56 Å². The van der Waals surface area contributed by atoms with Crippen molar-refractivity contribution in [3.63, 3.8) is 0 Å². The number of hydrogen-bond acceptors (Lipinski definition) is 6. The molecule has 0 fully saturated rings. The maximum Gasteiger partial charge on any atom is 0.408 e. The highest BCUT2D eigenvalue weighted by Gasteiger charge is 2.27. The number of benzene rings is 2. The Morgan fingerprint density at radius 3 is 2.48 bits per heavy atom. The molecule has 0 saturated carbocycles. The Bertz CT molecular complexity index is 979. The Morgan fingerprint density at radius 2 is 1.76 bits per heavy atom. The molecule has 8 heteroatoms. The maximum atomic E-state index is 13.1. The molecule has 0 unspecified atom stereocenters. The zero-order chi connectivity index (χ0) is 20.9. The van der Waals surface area contributed by atoms with Gasteiger partial charge in [-0.25, -0.2) is 4.79 Å². The quantitative estimate of drug-likeness (QED) is 0.688. The van der Waals surface area contributed by atoms with Gasteiger partial charge in [0.1, 0.15) is 17.2 Å². The van der Waals surface area contributed by atoms with Gasteiger partial charge >= 0.3 is 6.09 Å². The highest BCUT2D eigenvalue weighted by atomic mass is 16.6. The van der Waals surface area contributed by atoms with Gasteiger partial charge in [-0.15, -0.1) is 5.10 Å². The second kappa shape index (κ2) is 8.83. The Labute approximate surface area is 168 Å². The van der Waals surface area contributed by atoms with Gasteiger partial charge in [-0.3, -0.25) is 4.79 Å². The number of carbonyl (C=O) groups is 2. The number of rotatable bonds is 6. The van der Waals surface area contributed by atoms with Crippen LogP contribution in [0, 0.1) is 0 Å². The van der Waals surface area contributed by atoms with Crippen LogP contribution in [0.25, 0.3) is 11.0 Å². The Kier molecular flexibility index (Phi) is 6.23. The molecule has 29 heavy (non-hydrogen) atoms. The van der Waals surface area contributed by atoms with Gasteiger partial charge in [0.05, 0.1) is 18.7 Å². The summed E-state index contributed by atoms with van der Waals surface area (Å²) in [5.41, 5.74) is 1.41. The third kappa shape index (κ3) is 5.61. The largest absolute Gasteiger partial charge is 0.444 e. The number of carbonyl (C=O) groups excluding carboxylic acids is 2. The van der Waals surface area contributed by atoms with Crippen molar-refractivity contribution in [3.05, 3.63) is 60.2 Å². The summed E-state index contributed by atoms with van der Waals surface area (Å²) < 4.78 is 12.1. The third-order valence-electron chi connectivity index (χ3n) is 3.95. The van der Waals surface area contributed by atoms with Gasteiger partial charge in [-0.2, -0.15) is 4.68 Å². The molecule has 1 atom stereocenters. The van der Waals surface area contributed by atoms with Crippen LogP contribution in [-0.2, 0) is 16.1 Å². The van der Waals surface area contributed by atoms with E-state index in [0.29, 0.717) is 17.6 Å². The van der Waals surface area contributed by atoms with E-state index in [9.17, 15) is 9.59 Å². The highest BCUT2D eigenvalue weighted by molar-refractivity contribution is 5.93. The molecule has 152 valence electrons. The van der Waals surface area contributed by atoms with Crippen LogP contribution < -0.4 is 5.32 Å². The van der Waals surface area contributed by atoms with Gasteiger partial charge in [-0.05, 0) is 38.5 Å². The number of ether oxygens (including phenoxy) is 2. The molecular formula is C21H24N4O4. The van der Waals surface area contributed by atoms with Crippen LogP contribution in [0.2, 0.25) is 0 Å². The van der Waals surface area contributed by atoms with Crippen molar-refractivity contribution in [1.82, 2.24) is 20.3 Å². The molecule has 0 radical (unpaired) electrons. The topological polar surface area (TPSA) is 95.3 Å². The molecule has 0 aliphatic heterocycles. The first-order chi connectivity index (χ1) is 13.8. The standard InChI is InChI=1S/C21H24N4O4/c1-21(2,3)29-20(27)22-17(14-28-13-15-9-5-4-6-10-15)19(26)25-18-12-8-7-11-16(18)23-24-25/h4-12,17H,13-14H2,1-3H3,(H,22,27)/t17-/m0/s1. The summed E-state index contributed by atoms with van der Waals surface area (Å²) in [4.78, 5) is 25.3. The minimum atomic E-state index is -0.987. The van der Waals surface area contributed by atoms with E-state index >= 15 is 0 Å². The monoisotopic (exact) mass is 396 g/mol. The van der Waals surface area contributed by atoms with Crippen LogP contribution in [-0.4, -0.2) is 45.2 Å². The molecule has 1 aromatic heterocycles. The van der Waals surface area contributed by atoms with E-state index in [-0.39, 0.29) is 6.61 Å². The smallest absolute Gasteiger partial charge is 0.408 e. The second-order valence-electron chi connectivity index (χ2n) is 7.53. The van der Waals surface area contributed by atoms with Crippen LogP contribution in [0.1, 0.15) is 31.1 Å². The fourth-order valence-electron chi connectivity index (χ4n) is 2.67. The maximum absolute atomic E-state index is 13.1. The average molecular weight is 396 g/mol. The second-order valence-corrected chi connectivity index (χ2v) is 7.53. The first-order valence-corrected chi connectivity index (χ1v) is 9.29. The molecule has 1 N–H and O–H groups in total. The van der Waals surface area contributed by atoms with Gasteiger partial charge < -0.3 is 14.8 Å². The third-order valence-corrected chi connectivity index (χ3v) is 3.95. The molecule has 1 amide bonds. The van der Waals surface area contributed by atoms with Crippen molar-refractivity contribution in [2.75, 3.05) is 6.61 Å². The molecule has 1 heterocycles. The lowest BCUT2D eigenvalue weighted by Crippen LogP contribution is -2.48. The number of nitrogens with zero attached hydrogens (tertiary/aromatic N) is 3. The molecule has 0 saturated heterocycles. The zero-order valence-corrected chi connectivity index (χ0v) is 16.7. The zero-order valence-electron chi connectivity index (χ0n) is 16.7. The number of alkyl carbamates (subject to hydrolysis) is 1. The normalized spacial score (nSPS) is 12.5. The molecule has 8 nitrogen and oxygen atoms in total. The molecule has 0 aliphatic carbocycles. The number of amides is 1. The minimum absolute atomic E-state index is 0.0405. The summed E-state index contributed by atoms with van der Waals surface area (Å²) in [5.74, 6) is -0.461. The van der Waals surface area contributed by atoms with Gasteiger partial charge in [0.2, 0.25) is 0 Å². The van der Waals surface area contributed by atoms with E-state index in [1.54, 1.807) is 39.0 Å². The number of nitrogens with one attached hydrogen (secondary N) is 1. The van der Waals surface area contributed by atoms with Gasteiger partial charge in [0, 0.05) is 0 Å². The highest BCUT2D eigenvalue weighted by Crippen LogP contribution is 2.12. The number of fused-ring (bicyclic) bond motifs is 1. The lowest BCUT2D eigenvalue weighted by Gasteiger charge is -2.23. The van der Waals surface area contributed by atoms with Crippen LogP contribution in [0.4, 0.5) is 4.79 Å². The SMILES string of the molecule is CC(C)(C)OC(=O)N[C@@H](COCc1ccccc1)C(=O)n1nnc2ccccc21. The Balaban J connectivity index is 1.75. The first kappa shape index (κ1) is 20.5. The fourth-order valence-corrected chi connectivity index (χ4v) is 2.67. The van der Waals surface area contributed by atoms with Crippen molar-refractivity contribution < 1.29 is 19.1 Å². The number of para-hydroxylation sites is 1. The molecule has 0 spiro atoms. The summed E-state index contributed by atoms with van der Waals surface area (Å²) in [7, 11) is 0. The fraction of sp³-hybridized carbons (Fsp3) is 0.333. The van der Waals surface area contributed by atoms with Crippen molar-refractivity contribution >= 4 is 23.0 Å². The first-order valence-electron chi connectivity index (χ1n) is 9.29. The van der Waals surface area contributed by atoms with Crippen molar-refractivity contribution in [3.8, 4) is 0 Å². The molecule has 3 aromatic rings. The van der Waals surface area contributed by atoms with Gasteiger partial charge in [0.25, 0.3) is 5.91 Å². The lowest BCUT2D eigenvalue weighted by atomic mass is 10.2. The van der Waals surface area contributed by atoms with Crippen LogP contribution in [0.3, 0.4) is 0 Å². The van der Waals surface area contributed by atoms with Crippen LogP contribution in [0.5, 0.6) is 0 Å². The van der Waals surface area contributed by atoms with E-state index in [2.05, 4.69) is 15.6 Å². The van der Waals surface area contributed by atoms with Crippen molar-refractivity contribution in [2.24, 2.45) is 0 Å². The predicted molar refractivity (Wildman–Crippen MR) is 107 cm³/mol. The minimum Gasteiger partial charge on any atom is -0.444 e. The summed E-state index contributed by atoms with van der Waals surface area (Å²) in [6, 6.07) is 15.7. The average Bonchev–Trinajstić information content (AvgIpc) is 3.10. The number of aromatic nitrogens is 3. The predicted octanol–water partition coefficient (Wildman–Crippen LogP) is 3.18. The van der Waals surface area contributed by atoms with E-state index < -0.39 is 23.6 Å². The Morgan fingerprint density at radius 1 is 1.07 bits per heavy atom. The molecule has 0 aliphatic rings. The summed E-state index contributed by atoms with van der Waals surface area (Å²) in [5, 5.41) is 10.5. The molecule has 0 bridgehead atoms. The number of hydrogen-bond donors (Lipinski definition) is 1. The molecular weight excluding hydrogens is 372 g/mol. The summed E-state index contributed by atoms with van der Waals surface area (Å²) in [6.45, 7) is 5.51.